The first-order valence-electron chi connectivity index (χ1n) is 9.39. The van der Waals surface area contributed by atoms with Gasteiger partial charge in [-0.2, -0.15) is 0 Å². The van der Waals surface area contributed by atoms with Crippen molar-refractivity contribution in [1.82, 2.24) is 0 Å². The van der Waals surface area contributed by atoms with Crippen molar-refractivity contribution in [3.63, 3.8) is 0 Å². The van der Waals surface area contributed by atoms with Crippen LogP contribution < -0.4 is 0 Å². The van der Waals surface area contributed by atoms with Crippen LogP contribution in [0.3, 0.4) is 0 Å². The van der Waals surface area contributed by atoms with Gasteiger partial charge in [0.25, 0.3) is 0 Å². The minimum atomic E-state index is -1.73. The lowest BCUT2D eigenvalue weighted by atomic mass is 10.4. The summed E-state index contributed by atoms with van der Waals surface area (Å²) in [5, 5.41) is 0. The third-order valence-corrected chi connectivity index (χ3v) is 6.12. The molecule has 0 bridgehead atoms. The molecular formula is C18H38O6Si2. The first-order valence-corrected chi connectivity index (χ1v) is 12.2. The van der Waals surface area contributed by atoms with E-state index in [4.69, 9.17) is 26.6 Å². The molecule has 0 atom stereocenters. The van der Waals surface area contributed by atoms with E-state index in [9.17, 15) is 0 Å². The van der Waals surface area contributed by atoms with Crippen LogP contribution in [0.15, 0.2) is 36.4 Å². The normalized spacial score (nSPS) is 10.2. The lowest BCUT2D eigenvalue weighted by Gasteiger charge is -2.12. The molecule has 0 saturated carbocycles. The molecule has 0 spiro atoms. The Labute approximate surface area is 163 Å². The Morgan fingerprint density at radius 1 is 0.385 bits per heavy atom. The van der Waals surface area contributed by atoms with E-state index in [-0.39, 0.29) is 0 Å². The largest absolute Gasteiger partial charge is 0.484 e. The van der Waals surface area contributed by atoms with Gasteiger partial charge in [-0.3, -0.25) is 0 Å². The van der Waals surface area contributed by atoms with E-state index in [0.717, 1.165) is 0 Å². The molecule has 8 heteroatoms. The average Bonchev–Trinajstić information content (AvgIpc) is 2.66. The Morgan fingerprint density at radius 3 is 0.654 bits per heavy atom. The molecule has 0 aliphatic heterocycles. The van der Waals surface area contributed by atoms with Crippen molar-refractivity contribution in [2.75, 3.05) is 39.6 Å². The van der Waals surface area contributed by atoms with Crippen LogP contribution in [0.25, 0.3) is 0 Å². The fraction of sp³-hybridized carbons (Fsp3) is 0.667. The summed E-state index contributed by atoms with van der Waals surface area (Å²) >= 11 is 0. The average molecular weight is 407 g/mol. The highest BCUT2D eigenvalue weighted by Gasteiger charge is 2.11. The van der Waals surface area contributed by atoms with Crippen LogP contribution in [0.2, 0.25) is 0 Å². The van der Waals surface area contributed by atoms with E-state index in [0.29, 0.717) is 39.6 Å². The maximum Gasteiger partial charge on any atom is 0.484 e. The molecule has 0 unspecified atom stereocenters. The van der Waals surface area contributed by atoms with Crippen molar-refractivity contribution < 1.29 is 26.6 Å². The molecule has 0 aliphatic rings. The fourth-order valence-electron chi connectivity index (χ4n) is 1.49. The second kappa shape index (κ2) is 24.4. The van der Waals surface area contributed by atoms with Gasteiger partial charge in [0, 0.05) is 39.6 Å². The van der Waals surface area contributed by atoms with Crippen LogP contribution in [-0.2, 0) is 26.6 Å². The van der Waals surface area contributed by atoms with Crippen molar-refractivity contribution in [3.05, 3.63) is 36.4 Å². The van der Waals surface area contributed by atoms with Crippen molar-refractivity contribution in [1.29, 1.82) is 0 Å². The zero-order valence-corrected chi connectivity index (χ0v) is 19.6. The molecule has 6 nitrogen and oxygen atoms in total. The van der Waals surface area contributed by atoms with E-state index in [1.54, 1.807) is 0 Å². The summed E-state index contributed by atoms with van der Waals surface area (Å²) < 4.78 is 31.3. The number of hydrogen-bond acceptors (Lipinski definition) is 6. The van der Waals surface area contributed by atoms with Crippen LogP contribution in [0.5, 0.6) is 0 Å². The van der Waals surface area contributed by atoms with Gasteiger partial charge in [0.05, 0.1) is 0 Å². The maximum absolute atomic E-state index is 5.22. The van der Waals surface area contributed by atoms with E-state index in [1.807, 2.05) is 77.9 Å². The Balaban J connectivity index is 0. The predicted molar refractivity (Wildman–Crippen MR) is 110 cm³/mol. The van der Waals surface area contributed by atoms with Crippen LogP contribution in [0, 0.1) is 0 Å². The van der Waals surface area contributed by atoms with Crippen molar-refractivity contribution in [3.8, 4) is 0 Å². The molecular weight excluding hydrogens is 368 g/mol. The standard InChI is InChI=1S/2C6H16O3Si.C6H6/c2*1-4-7-10(8-5-2)9-6-3;1-2-4-6-5-3-1/h2*10H,4-6H2,1-3H3;1-6H. The molecule has 0 radical (unpaired) electrons. The summed E-state index contributed by atoms with van der Waals surface area (Å²) in [5.41, 5.74) is 0. The minimum absolute atomic E-state index is 0.677. The zero-order chi connectivity index (χ0) is 19.9. The van der Waals surface area contributed by atoms with Crippen molar-refractivity contribution in [2.24, 2.45) is 0 Å². The molecule has 1 rings (SSSR count). The van der Waals surface area contributed by atoms with Crippen LogP contribution in [0.1, 0.15) is 41.5 Å². The first kappa shape index (κ1) is 27.6. The quantitative estimate of drug-likeness (QED) is 0.496. The van der Waals surface area contributed by atoms with E-state index < -0.39 is 19.1 Å². The summed E-state index contributed by atoms with van der Waals surface area (Å²) in [6.45, 7) is 15.7. The van der Waals surface area contributed by atoms with Gasteiger partial charge in [-0.15, -0.1) is 0 Å². The SMILES string of the molecule is CCO[SiH](OCC)OCC.CCO[SiH](OCC)OCC.c1ccccc1. The molecule has 0 N–H and O–H groups in total. The topological polar surface area (TPSA) is 55.4 Å². The third-order valence-electron chi connectivity index (χ3n) is 2.48. The Hall–Kier alpha value is -0.586. The van der Waals surface area contributed by atoms with E-state index >= 15 is 0 Å². The summed E-state index contributed by atoms with van der Waals surface area (Å²) in [7, 11) is -3.47. The third kappa shape index (κ3) is 21.5. The van der Waals surface area contributed by atoms with Gasteiger partial charge in [0.2, 0.25) is 0 Å². The molecule has 0 aliphatic carbocycles. The summed E-state index contributed by atoms with van der Waals surface area (Å²) in [6, 6.07) is 12.0. The number of hydrogen-bond donors (Lipinski definition) is 0. The highest BCUT2D eigenvalue weighted by molar-refractivity contribution is 6.36. The molecule has 0 aromatic heterocycles. The van der Waals surface area contributed by atoms with E-state index in [2.05, 4.69) is 0 Å². The predicted octanol–water partition coefficient (Wildman–Crippen LogP) is 3.31. The van der Waals surface area contributed by atoms with Crippen molar-refractivity contribution in [2.45, 2.75) is 41.5 Å². The van der Waals surface area contributed by atoms with Crippen LogP contribution >= 0.6 is 0 Å². The second-order valence-electron chi connectivity index (χ2n) is 4.46. The van der Waals surface area contributed by atoms with E-state index in [1.165, 1.54) is 0 Å². The van der Waals surface area contributed by atoms with Gasteiger partial charge >= 0.3 is 19.1 Å². The molecule has 0 amide bonds. The molecule has 26 heavy (non-hydrogen) atoms. The second-order valence-corrected chi connectivity index (χ2v) is 7.62. The molecule has 0 saturated heterocycles. The maximum atomic E-state index is 5.22. The molecule has 0 fully saturated rings. The highest BCUT2D eigenvalue weighted by atomic mass is 28.3. The summed E-state index contributed by atoms with van der Waals surface area (Å²) in [6.07, 6.45) is 0. The molecule has 154 valence electrons. The lowest BCUT2D eigenvalue weighted by Crippen LogP contribution is -2.27. The summed E-state index contributed by atoms with van der Waals surface area (Å²) in [5.74, 6) is 0. The molecule has 1 aromatic carbocycles. The van der Waals surface area contributed by atoms with Gasteiger partial charge in [0.15, 0.2) is 0 Å². The monoisotopic (exact) mass is 406 g/mol. The van der Waals surface area contributed by atoms with Crippen LogP contribution in [0.4, 0.5) is 0 Å². The fourth-order valence-corrected chi connectivity index (χ4v) is 3.70. The smallest absolute Gasteiger partial charge is 0.376 e. The van der Waals surface area contributed by atoms with Gasteiger partial charge in [0.1, 0.15) is 0 Å². The highest BCUT2D eigenvalue weighted by Crippen LogP contribution is 1.91. The molecule has 0 heterocycles. The molecule has 1 aromatic rings. The van der Waals surface area contributed by atoms with Gasteiger partial charge in [-0.05, 0) is 41.5 Å². The Morgan fingerprint density at radius 2 is 0.538 bits per heavy atom. The van der Waals surface area contributed by atoms with Gasteiger partial charge in [-0.25, -0.2) is 0 Å². The van der Waals surface area contributed by atoms with Crippen molar-refractivity contribution >= 4 is 19.1 Å². The Bertz CT molecular complexity index is 272. The Kier molecular flexibility index (Phi) is 25.9. The summed E-state index contributed by atoms with van der Waals surface area (Å²) in [4.78, 5) is 0. The first-order chi connectivity index (χ1) is 12.7. The lowest BCUT2D eigenvalue weighted by molar-refractivity contribution is 0.106. The number of rotatable bonds is 12. The number of benzene rings is 1. The van der Waals surface area contributed by atoms with Crippen LogP contribution in [-0.4, -0.2) is 58.7 Å². The minimum Gasteiger partial charge on any atom is -0.376 e. The zero-order valence-electron chi connectivity index (χ0n) is 17.3. The van der Waals surface area contributed by atoms with Gasteiger partial charge in [-0.1, -0.05) is 36.4 Å². The van der Waals surface area contributed by atoms with Gasteiger partial charge < -0.3 is 26.6 Å².